The van der Waals surface area contributed by atoms with Crippen LogP contribution in [0.4, 0.5) is 5.69 Å². The van der Waals surface area contributed by atoms with E-state index >= 15 is 0 Å². The van der Waals surface area contributed by atoms with Gasteiger partial charge in [0.05, 0.1) is 38.8 Å². The van der Waals surface area contributed by atoms with Gasteiger partial charge in [-0.2, -0.15) is 0 Å². The third-order valence-electron chi connectivity index (χ3n) is 13.0. The van der Waals surface area contributed by atoms with E-state index in [1.807, 2.05) is 37.3 Å². The molecule has 0 radical (unpaired) electrons. The zero-order valence-electron chi connectivity index (χ0n) is 38.6. The van der Waals surface area contributed by atoms with Crippen LogP contribution in [0.15, 0.2) is 113 Å². The lowest BCUT2D eigenvalue weighted by Crippen LogP contribution is -2.54. The molecule has 7 aromatic rings. The number of carbonyl (C=O) groups excluding carboxylic acids is 1. The van der Waals surface area contributed by atoms with Gasteiger partial charge < -0.3 is 29.2 Å². The molecule has 16 nitrogen and oxygen atoms in total. The summed E-state index contributed by atoms with van der Waals surface area (Å²) in [5.74, 6) is 0.703. The Labute approximate surface area is 404 Å². The molecule has 2 fully saturated rings. The summed E-state index contributed by atoms with van der Waals surface area (Å²) in [5, 5.41) is 10.7. The number of nitrogens with zero attached hydrogens (tertiary/aromatic N) is 5. The Hall–Kier alpha value is -6.79. The van der Waals surface area contributed by atoms with Crippen molar-refractivity contribution in [1.82, 2.24) is 28.8 Å². The minimum Gasteiger partial charge on any atom is -0.493 e. The molecule has 9 rings (SSSR count). The van der Waals surface area contributed by atoms with Crippen molar-refractivity contribution in [3.05, 3.63) is 130 Å². The number of sulfonamides is 1. The SMILES string of the molecule is CCCOc1cccc(Oc2cc3c(cc2NS(=O)(=O)c2cccc(C(=O)N4CCN(C5CCN(CCOc6ccc(-c7cc8c(C(=O)O)c[nH]c8cc7Cl)cc6)CC5)CC4)c2)n(C)c(=O)n3C)c1. The number of anilines is 1. The lowest BCUT2D eigenvalue weighted by molar-refractivity contribution is 0.0439. The van der Waals surface area contributed by atoms with E-state index in [-0.39, 0.29) is 39.1 Å². The van der Waals surface area contributed by atoms with E-state index in [1.165, 1.54) is 27.5 Å². The summed E-state index contributed by atoms with van der Waals surface area (Å²) >= 11 is 6.57. The predicted octanol–water partition coefficient (Wildman–Crippen LogP) is 8.06. The Morgan fingerprint density at radius 3 is 2.23 bits per heavy atom. The third-order valence-corrected chi connectivity index (χ3v) is 14.7. The van der Waals surface area contributed by atoms with Crippen molar-refractivity contribution in [2.75, 3.05) is 63.7 Å². The number of aromatic carboxylic acids is 1. The molecule has 0 aliphatic carbocycles. The number of aromatic amines is 1. The monoisotopic (exact) mass is 975 g/mol. The fourth-order valence-corrected chi connectivity index (χ4v) is 10.6. The average molecular weight is 977 g/mol. The number of ether oxygens (including phenoxy) is 3. The first kappa shape index (κ1) is 47.3. The van der Waals surface area contributed by atoms with Crippen LogP contribution in [-0.2, 0) is 24.1 Å². The van der Waals surface area contributed by atoms with E-state index in [2.05, 4.69) is 19.5 Å². The van der Waals surface area contributed by atoms with E-state index in [4.69, 9.17) is 25.8 Å². The molecule has 1 amide bonds. The highest BCUT2D eigenvalue weighted by molar-refractivity contribution is 7.92. The summed E-state index contributed by atoms with van der Waals surface area (Å²) in [6.07, 6.45) is 4.31. The molecule has 5 aromatic carbocycles. The summed E-state index contributed by atoms with van der Waals surface area (Å²) in [4.78, 5) is 48.0. The Bertz CT molecular complexity index is 3210. The molecule has 2 aliphatic heterocycles. The van der Waals surface area contributed by atoms with Gasteiger partial charge in [0.2, 0.25) is 0 Å². The number of H-pyrrole nitrogens is 1. The van der Waals surface area contributed by atoms with Gasteiger partial charge in [0.15, 0.2) is 5.75 Å². The zero-order chi connectivity index (χ0) is 48.4. The Kier molecular flexibility index (Phi) is 13.7. The highest BCUT2D eigenvalue weighted by Crippen LogP contribution is 2.37. The number of amides is 1. The normalized spacial score (nSPS) is 15.2. The minimum atomic E-state index is -4.25. The van der Waals surface area contributed by atoms with Gasteiger partial charge in [-0.05, 0) is 98.6 Å². The number of rotatable bonds is 16. The Balaban J connectivity index is 0.771. The number of carboxylic acid groups (broad SMARTS) is 1. The van der Waals surface area contributed by atoms with Crippen LogP contribution in [0.5, 0.6) is 23.0 Å². The van der Waals surface area contributed by atoms with Crippen LogP contribution in [0, 0.1) is 0 Å². The fourth-order valence-electron chi connectivity index (χ4n) is 9.21. The van der Waals surface area contributed by atoms with Crippen LogP contribution in [0.1, 0.15) is 46.9 Å². The zero-order valence-corrected chi connectivity index (χ0v) is 40.2. The van der Waals surface area contributed by atoms with Gasteiger partial charge in [-0.25, -0.2) is 18.0 Å². The second kappa shape index (κ2) is 20.0. The number of benzene rings is 5. The largest absolute Gasteiger partial charge is 0.493 e. The molecule has 3 N–H and O–H groups in total. The summed E-state index contributed by atoms with van der Waals surface area (Å²) in [5.41, 5.74) is 3.64. The molecule has 2 saturated heterocycles. The maximum absolute atomic E-state index is 14.1. The van der Waals surface area contributed by atoms with Gasteiger partial charge in [0.1, 0.15) is 23.9 Å². The fraction of sp³-hybridized carbons (Fsp3) is 0.314. The number of piperazine rings is 1. The van der Waals surface area contributed by atoms with Gasteiger partial charge in [-0.15, -0.1) is 0 Å². The van der Waals surface area contributed by atoms with Crippen LogP contribution in [-0.4, -0.2) is 119 Å². The Morgan fingerprint density at radius 2 is 1.51 bits per heavy atom. The van der Waals surface area contributed by atoms with Gasteiger partial charge in [0, 0.05) is 93.2 Å². The summed E-state index contributed by atoms with van der Waals surface area (Å²) in [6, 6.07) is 27.9. The summed E-state index contributed by atoms with van der Waals surface area (Å²) in [7, 11) is -0.991. The number of carbonyl (C=O) groups is 2. The molecule has 360 valence electrons. The molecular weight excluding hydrogens is 922 g/mol. The van der Waals surface area contributed by atoms with Crippen molar-refractivity contribution in [3.63, 3.8) is 0 Å². The second-order valence-electron chi connectivity index (χ2n) is 17.5. The number of halogens is 1. The highest BCUT2D eigenvalue weighted by atomic mass is 35.5. The number of aryl methyl sites for hydroxylation is 2. The molecule has 0 saturated carbocycles. The Morgan fingerprint density at radius 1 is 0.812 bits per heavy atom. The predicted molar refractivity (Wildman–Crippen MR) is 266 cm³/mol. The molecule has 0 bridgehead atoms. The van der Waals surface area contributed by atoms with Gasteiger partial charge >= 0.3 is 11.7 Å². The van der Waals surface area contributed by atoms with E-state index in [1.54, 1.807) is 73.6 Å². The van der Waals surface area contributed by atoms with Gasteiger partial charge in [-0.1, -0.05) is 42.8 Å². The topological polar surface area (TPSA) is 181 Å². The molecule has 18 heteroatoms. The van der Waals surface area contributed by atoms with Crippen LogP contribution in [0.25, 0.3) is 33.1 Å². The third kappa shape index (κ3) is 10.2. The van der Waals surface area contributed by atoms with Crippen LogP contribution in [0.2, 0.25) is 5.02 Å². The highest BCUT2D eigenvalue weighted by Gasteiger charge is 2.30. The quantitative estimate of drug-likeness (QED) is 0.0853. The first-order chi connectivity index (χ1) is 33.3. The number of hydrogen-bond donors (Lipinski definition) is 3. The molecule has 0 spiro atoms. The number of aromatic nitrogens is 3. The number of imidazole rings is 1. The molecular formula is C51H54ClN7O9S. The number of likely N-dealkylation sites (tertiary alicyclic amines) is 1. The molecule has 0 atom stereocenters. The van der Waals surface area contributed by atoms with Crippen molar-refractivity contribution >= 4 is 61.1 Å². The number of piperidine rings is 1. The lowest BCUT2D eigenvalue weighted by Gasteiger charge is -2.42. The number of carboxylic acids is 1. The van der Waals surface area contributed by atoms with Crippen molar-refractivity contribution in [2.45, 2.75) is 37.1 Å². The number of nitrogens with one attached hydrogen (secondary N) is 2. The van der Waals surface area contributed by atoms with Crippen molar-refractivity contribution in [3.8, 4) is 34.1 Å². The molecule has 69 heavy (non-hydrogen) atoms. The summed E-state index contributed by atoms with van der Waals surface area (Å²) in [6.45, 7) is 8.23. The van der Waals surface area contributed by atoms with E-state index < -0.39 is 16.0 Å². The van der Waals surface area contributed by atoms with Crippen molar-refractivity contribution < 1.29 is 37.3 Å². The standard InChI is InChI=1S/C51H54ClN7O9S/c1-4-24-66-37-8-6-9-38(27-37)68-48-31-47-46(55(2)51(63)56(47)3)30-45(48)54-69(64,65)39-10-5-7-34(26-39)49(60)59-21-19-58(20-22-59)35-15-17-57(18-16-35)23-25-67-36-13-11-33(12-14-36)40-28-41-42(50(61)62)32-53-44(41)29-43(40)52/h5-14,26-32,35,53-54H,4,15-25H2,1-3H3,(H,61,62). The van der Waals surface area contributed by atoms with Crippen molar-refractivity contribution in [2.24, 2.45) is 14.1 Å². The van der Waals surface area contributed by atoms with E-state index in [0.29, 0.717) is 70.8 Å². The van der Waals surface area contributed by atoms with E-state index in [0.717, 1.165) is 68.9 Å². The molecule has 0 unspecified atom stereocenters. The minimum absolute atomic E-state index is 0.0871. The van der Waals surface area contributed by atoms with Crippen LogP contribution >= 0.6 is 11.6 Å². The van der Waals surface area contributed by atoms with Crippen molar-refractivity contribution in [1.29, 1.82) is 0 Å². The number of fused-ring (bicyclic) bond motifs is 2. The first-order valence-electron chi connectivity index (χ1n) is 23.0. The van der Waals surface area contributed by atoms with Gasteiger partial charge in [0.25, 0.3) is 15.9 Å². The molecule has 2 aliphatic rings. The lowest BCUT2D eigenvalue weighted by atomic mass is 10.0. The maximum atomic E-state index is 14.1. The van der Waals surface area contributed by atoms with E-state index in [9.17, 15) is 27.9 Å². The molecule has 2 aromatic heterocycles. The maximum Gasteiger partial charge on any atom is 0.337 e. The first-order valence-corrected chi connectivity index (χ1v) is 24.9. The second-order valence-corrected chi connectivity index (χ2v) is 19.5. The van der Waals surface area contributed by atoms with Crippen LogP contribution < -0.4 is 24.6 Å². The summed E-state index contributed by atoms with van der Waals surface area (Å²) < 4.78 is 51.9. The van der Waals surface area contributed by atoms with Gasteiger partial charge in [-0.3, -0.25) is 28.5 Å². The van der Waals surface area contributed by atoms with Crippen LogP contribution in [0.3, 0.4) is 0 Å². The number of hydrogen-bond acceptors (Lipinski definition) is 10. The average Bonchev–Trinajstić information content (AvgIpc) is 3.86. The smallest absolute Gasteiger partial charge is 0.337 e. The molecule has 4 heterocycles.